The van der Waals surface area contributed by atoms with Crippen LogP contribution in [0.1, 0.15) is 17.3 Å². The van der Waals surface area contributed by atoms with Crippen molar-refractivity contribution in [2.75, 3.05) is 31.1 Å². The van der Waals surface area contributed by atoms with Gasteiger partial charge in [0.2, 0.25) is 5.09 Å². The number of sulfonamides is 1. The molecule has 1 aromatic carbocycles. The molecule has 3 heterocycles. The predicted molar refractivity (Wildman–Crippen MR) is 110 cm³/mol. The highest BCUT2D eigenvalue weighted by Crippen LogP contribution is 2.26. The molecule has 0 radical (unpaired) electrons. The molecule has 10 heteroatoms. The Morgan fingerprint density at radius 2 is 1.70 bits per heavy atom. The Kier molecular flexibility index (Phi) is 5.27. The standard InChI is InChI=1S/C20H20N4O5S/c1-14(25)15-2-4-16(5-3-15)23-10-12-24(13-11-23)30(27,28)20-9-7-18(29-20)17-6-8-19(26)22-21-17/h2-9H,10-13H2,1H3,(H,22,26). The van der Waals surface area contributed by atoms with E-state index in [1.54, 1.807) is 12.1 Å². The van der Waals surface area contributed by atoms with E-state index < -0.39 is 10.0 Å². The molecule has 0 spiro atoms. The van der Waals surface area contributed by atoms with Gasteiger partial charge < -0.3 is 9.32 Å². The number of aromatic amines is 1. The van der Waals surface area contributed by atoms with Gasteiger partial charge >= 0.3 is 0 Å². The van der Waals surface area contributed by atoms with E-state index in [2.05, 4.69) is 15.1 Å². The van der Waals surface area contributed by atoms with E-state index in [-0.39, 0.29) is 22.2 Å². The number of aromatic nitrogens is 2. The lowest BCUT2D eigenvalue weighted by Gasteiger charge is -2.34. The number of rotatable bonds is 5. The summed E-state index contributed by atoms with van der Waals surface area (Å²) in [6.07, 6.45) is 0. The lowest BCUT2D eigenvalue weighted by Crippen LogP contribution is -2.48. The number of ketones is 1. The quantitative estimate of drug-likeness (QED) is 0.615. The van der Waals surface area contributed by atoms with E-state index in [0.717, 1.165) is 5.69 Å². The maximum atomic E-state index is 12.9. The fourth-order valence-corrected chi connectivity index (χ4v) is 4.63. The fourth-order valence-electron chi connectivity index (χ4n) is 3.30. The molecule has 4 rings (SSSR count). The first-order valence-electron chi connectivity index (χ1n) is 9.36. The Balaban J connectivity index is 1.45. The molecule has 3 aromatic rings. The zero-order chi connectivity index (χ0) is 21.3. The topological polar surface area (TPSA) is 117 Å². The molecule has 1 aliphatic heterocycles. The van der Waals surface area contributed by atoms with Crippen LogP contribution in [0.15, 0.2) is 62.8 Å². The Hall–Kier alpha value is -3.24. The summed E-state index contributed by atoms with van der Waals surface area (Å²) in [6, 6.07) is 13.0. The van der Waals surface area contributed by atoms with Gasteiger partial charge in [0.05, 0.1) is 0 Å². The number of Topliss-reactive ketones (excluding diaryl/α,β-unsaturated/α-hetero) is 1. The van der Waals surface area contributed by atoms with Crippen LogP contribution in [-0.4, -0.2) is 54.9 Å². The second-order valence-electron chi connectivity index (χ2n) is 6.92. The predicted octanol–water partition coefficient (Wildman–Crippen LogP) is 1.74. The van der Waals surface area contributed by atoms with E-state index in [1.807, 2.05) is 12.1 Å². The van der Waals surface area contributed by atoms with Crippen molar-refractivity contribution in [3.05, 3.63) is 64.4 Å². The third kappa shape index (κ3) is 3.91. The molecule has 1 saturated heterocycles. The summed E-state index contributed by atoms with van der Waals surface area (Å²) in [7, 11) is -3.79. The zero-order valence-corrected chi connectivity index (χ0v) is 17.1. The first-order chi connectivity index (χ1) is 14.3. The van der Waals surface area contributed by atoms with Crippen molar-refractivity contribution >= 4 is 21.5 Å². The van der Waals surface area contributed by atoms with Crippen LogP contribution in [0.4, 0.5) is 5.69 Å². The van der Waals surface area contributed by atoms with E-state index in [1.165, 1.54) is 35.5 Å². The monoisotopic (exact) mass is 428 g/mol. The summed E-state index contributed by atoms with van der Waals surface area (Å²) >= 11 is 0. The molecule has 9 nitrogen and oxygen atoms in total. The van der Waals surface area contributed by atoms with Gasteiger partial charge in [0.15, 0.2) is 11.5 Å². The third-order valence-electron chi connectivity index (χ3n) is 4.98. The van der Waals surface area contributed by atoms with Crippen LogP contribution >= 0.6 is 0 Å². The van der Waals surface area contributed by atoms with Gasteiger partial charge in [-0.05, 0) is 49.4 Å². The van der Waals surface area contributed by atoms with Gasteiger partial charge in [-0.1, -0.05) is 0 Å². The molecule has 0 amide bonds. The van der Waals surface area contributed by atoms with Gasteiger partial charge in [-0.3, -0.25) is 9.59 Å². The molecule has 0 aliphatic carbocycles. The van der Waals surface area contributed by atoms with Crippen LogP contribution in [0.2, 0.25) is 0 Å². The number of furan rings is 1. The Labute approximate surface area is 173 Å². The molecule has 0 unspecified atom stereocenters. The molecule has 30 heavy (non-hydrogen) atoms. The first kappa shape index (κ1) is 20.0. The summed E-state index contributed by atoms with van der Waals surface area (Å²) in [5.74, 6) is 0.265. The second-order valence-corrected chi connectivity index (χ2v) is 8.79. The van der Waals surface area contributed by atoms with Gasteiger partial charge in [0, 0.05) is 43.5 Å². The van der Waals surface area contributed by atoms with Crippen LogP contribution in [0.3, 0.4) is 0 Å². The maximum absolute atomic E-state index is 12.9. The first-order valence-corrected chi connectivity index (χ1v) is 10.8. The number of hydrogen-bond acceptors (Lipinski definition) is 7. The van der Waals surface area contributed by atoms with E-state index in [4.69, 9.17) is 4.42 Å². The summed E-state index contributed by atoms with van der Waals surface area (Å²) in [5, 5.41) is 5.98. The third-order valence-corrected chi connectivity index (χ3v) is 6.76. The van der Waals surface area contributed by atoms with Crippen molar-refractivity contribution in [3.63, 3.8) is 0 Å². The van der Waals surface area contributed by atoms with Crippen LogP contribution < -0.4 is 10.5 Å². The lowest BCUT2D eigenvalue weighted by atomic mass is 10.1. The smallest absolute Gasteiger partial charge is 0.276 e. The fraction of sp³-hybridized carbons (Fsp3) is 0.250. The average molecular weight is 428 g/mol. The molecule has 0 bridgehead atoms. The number of hydrogen-bond donors (Lipinski definition) is 1. The number of anilines is 1. The zero-order valence-electron chi connectivity index (χ0n) is 16.2. The van der Waals surface area contributed by atoms with Crippen LogP contribution in [0.5, 0.6) is 0 Å². The number of carbonyl (C=O) groups is 1. The Bertz CT molecular complexity index is 1200. The molecule has 1 aliphatic rings. The molecule has 0 atom stereocenters. The molecule has 1 N–H and O–H groups in total. The largest absolute Gasteiger partial charge is 0.442 e. The molecule has 0 saturated carbocycles. The van der Waals surface area contributed by atoms with Gasteiger partial charge in [-0.2, -0.15) is 9.40 Å². The second kappa shape index (κ2) is 7.88. The number of carbonyl (C=O) groups excluding carboxylic acids is 1. The number of benzene rings is 1. The number of piperazine rings is 1. The van der Waals surface area contributed by atoms with Crippen molar-refractivity contribution in [2.45, 2.75) is 12.0 Å². The van der Waals surface area contributed by atoms with Crippen molar-refractivity contribution in [3.8, 4) is 11.5 Å². The maximum Gasteiger partial charge on any atom is 0.276 e. The minimum atomic E-state index is -3.79. The minimum Gasteiger partial charge on any atom is -0.442 e. The number of nitrogens with zero attached hydrogens (tertiary/aromatic N) is 3. The van der Waals surface area contributed by atoms with Crippen molar-refractivity contribution in [1.82, 2.24) is 14.5 Å². The van der Waals surface area contributed by atoms with Crippen LogP contribution in [0, 0.1) is 0 Å². The van der Waals surface area contributed by atoms with Crippen molar-refractivity contribution in [2.24, 2.45) is 0 Å². The Morgan fingerprint density at radius 1 is 1.00 bits per heavy atom. The summed E-state index contributed by atoms with van der Waals surface area (Å²) < 4.78 is 32.8. The molecule has 156 valence electrons. The number of nitrogens with one attached hydrogen (secondary N) is 1. The SMILES string of the molecule is CC(=O)c1ccc(N2CCN(S(=O)(=O)c3ccc(-c4ccc(=O)[nH]n4)o3)CC2)cc1. The van der Waals surface area contributed by atoms with E-state index in [0.29, 0.717) is 37.4 Å². The van der Waals surface area contributed by atoms with E-state index in [9.17, 15) is 18.0 Å². The molecule has 2 aromatic heterocycles. The number of H-pyrrole nitrogens is 1. The Morgan fingerprint density at radius 3 is 2.30 bits per heavy atom. The molecule has 1 fully saturated rings. The highest BCUT2D eigenvalue weighted by molar-refractivity contribution is 7.89. The van der Waals surface area contributed by atoms with Gasteiger partial charge in [-0.15, -0.1) is 0 Å². The molecular formula is C20H20N4O5S. The van der Waals surface area contributed by atoms with Crippen molar-refractivity contribution < 1.29 is 17.6 Å². The average Bonchev–Trinajstić information content (AvgIpc) is 3.26. The summed E-state index contributed by atoms with van der Waals surface area (Å²) in [5.41, 5.74) is 1.58. The summed E-state index contributed by atoms with van der Waals surface area (Å²) in [4.78, 5) is 24.6. The summed E-state index contributed by atoms with van der Waals surface area (Å²) in [6.45, 7) is 3.18. The lowest BCUT2D eigenvalue weighted by molar-refractivity contribution is 0.101. The molecular weight excluding hydrogens is 408 g/mol. The normalized spacial score (nSPS) is 15.3. The minimum absolute atomic E-state index is 0.00680. The van der Waals surface area contributed by atoms with Gasteiger partial charge in [-0.25, -0.2) is 13.5 Å². The van der Waals surface area contributed by atoms with E-state index >= 15 is 0 Å². The van der Waals surface area contributed by atoms with Gasteiger partial charge in [0.1, 0.15) is 5.69 Å². The van der Waals surface area contributed by atoms with Crippen molar-refractivity contribution in [1.29, 1.82) is 0 Å². The van der Waals surface area contributed by atoms with Crippen LogP contribution in [0.25, 0.3) is 11.5 Å². The van der Waals surface area contributed by atoms with Crippen LogP contribution in [-0.2, 0) is 10.0 Å². The highest BCUT2D eigenvalue weighted by atomic mass is 32.2. The highest BCUT2D eigenvalue weighted by Gasteiger charge is 2.31. The van der Waals surface area contributed by atoms with Gasteiger partial charge in [0.25, 0.3) is 15.6 Å².